The van der Waals surface area contributed by atoms with Crippen LogP contribution in [0.1, 0.15) is 18.4 Å². The molecule has 1 fully saturated rings. The fraction of sp³-hybridized carbons (Fsp3) is 0.500. The van der Waals surface area contributed by atoms with Crippen molar-refractivity contribution in [2.24, 2.45) is 5.92 Å². The Labute approximate surface area is 116 Å². The van der Waals surface area contributed by atoms with Crippen molar-refractivity contribution >= 4 is 17.3 Å². The van der Waals surface area contributed by atoms with Crippen LogP contribution in [0.5, 0.6) is 0 Å². The van der Waals surface area contributed by atoms with Gasteiger partial charge >= 0.3 is 0 Å². The van der Waals surface area contributed by atoms with E-state index in [4.69, 9.17) is 0 Å². The van der Waals surface area contributed by atoms with E-state index in [9.17, 15) is 14.9 Å². The zero-order valence-electron chi connectivity index (χ0n) is 11.2. The molecule has 0 aliphatic carbocycles. The van der Waals surface area contributed by atoms with E-state index < -0.39 is 0 Å². The Bertz CT molecular complexity index is 553. The Morgan fingerprint density at radius 3 is 2.80 bits per heavy atom. The molecule has 0 aromatic heterocycles. The van der Waals surface area contributed by atoms with Gasteiger partial charge in [-0.3, -0.25) is 14.9 Å². The molecule has 0 atom stereocenters. The second-order valence-electron chi connectivity index (χ2n) is 5.30. The average Bonchev–Trinajstić information content (AvgIpc) is 2.91. The molecule has 2 aliphatic heterocycles. The first-order chi connectivity index (χ1) is 9.68. The van der Waals surface area contributed by atoms with Crippen LogP contribution in [-0.4, -0.2) is 30.5 Å². The first kappa shape index (κ1) is 13.1. The molecule has 1 saturated heterocycles. The highest BCUT2D eigenvalue weighted by Gasteiger charge is 2.33. The van der Waals surface area contributed by atoms with E-state index in [0.717, 1.165) is 31.6 Å². The molecule has 0 spiro atoms. The Morgan fingerprint density at radius 1 is 1.35 bits per heavy atom. The second-order valence-corrected chi connectivity index (χ2v) is 5.30. The number of carbonyl (C=O) groups is 1. The van der Waals surface area contributed by atoms with Crippen molar-refractivity contribution in [1.82, 2.24) is 5.32 Å². The van der Waals surface area contributed by atoms with Crippen LogP contribution in [-0.2, 0) is 11.2 Å². The maximum Gasteiger partial charge on any atom is 0.274 e. The fourth-order valence-electron chi connectivity index (χ4n) is 3.11. The smallest absolute Gasteiger partial charge is 0.274 e. The first-order valence-electron chi connectivity index (χ1n) is 6.97. The lowest BCUT2D eigenvalue weighted by molar-refractivity contribution is -0.385. The number of benzene rings is 1. The predicted octanol–water partition coefficient (Wildman–Crippen LogP) is 1.48. The van der Waals surface area contributed by atoms with Crippen LogP contribution in [0, 0.1) is 16.0 Å². The number of nitro benzene ring substituents is 1. The van der Waals surface area contributed by atoms with E-state index in [2.05, 4.69) is 5.32 Å². The maximum atomic E-state index is 12.6. The number of piperidine rings is 1. The van der Waals surface area contributed by atoms with Crippen LogP contribution in [0.4, 0.5) is 11.4 Å². The monoisotopic (exact) mass is 275 g/mol. The zero-order valence-corrected chi connectivity index (χ0v) is 11.2. The van der Waals surface area contributed by atoms with E-state index in [1.807, 2.05) is 6.07 Å². The third-order valence-electron chi connectivity index (χ3n) is 4.15. The minimum Gasteiger partial charge on any atom is -0.317 e. The van der Waals surface area contributed by atoms with Crippen LogP contribution < -0.4 is 10.2 Å². The van der Waals surface area contributed by atoms with Gasteiger partial charge in [0.15, 0.2) is 0 Å². The van der Waals surface area contributed by atoms with Crippen LogP contribution in [0.25, 0.3) is 0 Å². The Morgan fingerprint density at radius 2 is 2.10 bits per heavy atom. The summed E-state index contributed by atoms with van der Waals surface area (Å²) in [5, 5.41) is 14.3. The SMILES string of the molecule is O=C(C1CCNCC1)N1CCc2c1cccc2[N+](=O)[O-]. The number of nitrogens with zero attached hydrogens (tertiary/aromatic N) is 2. The van der Waals surface area contributed by atoms with Gasteiger partial charge in [0.25, 0.3) is 5.69 Å². The van der Waals surface area contributed by atoms with Gasteiger partial charge in [0.1, 0.15) is 0 Å². The van der Waals surface area contributed by atoms with Gasteiger partial charge in [-0.05, 0) is 38.4 Å². The average molecular weight is 275 g/mol. The number of amides is 1. The Balaban J connectivity index is 1.87. The zero-order chi connectivity index (χ0) is 14.1. The van der Waals surface area contributed by atoms with Gasteiger partial charge in [-0.2, -0.15) is 0 Å². The Kier molecular flexibility index (Phi) is 3.40. The van der Waals surface area contributed by atoms with Gasteiger partial charge < -0.3 is 10.2 Å². The summed E-state index contributed by atoms with van der Waals surface area (Å²) < 4.78 is 0. The molecule has 106 valence electrons. The number of nitro groups is 1. The van der Waals surface area contributed by atoms with E-state index >= 15 is 0 Å². The van der Waals surface area contributed by atoms with Crippen molar-refractivity contribution in [1.29, 1.82) is 0 Å². The molecule has 0 radical (unpaired) electrons. The molecular formula is C14H17N3O3. The quantitative estimate of drug-likeness (QED) is 0.655. The lowest BCUT2D eigenvalue weighted by atomic mass is 9.96. The normalized spacial score (nSPS) is 18.9. The molecular weight excluding hydrogens is 258 g/mol. The van der Waals surface area contributed by atoms with Gasteiger partial charge in [0, 0.05) is 18.5 Å². The molecule has 20 heavy (non-hydrogen) atoms. The third-order valence-corrected chi connectivity index (χ3v) is 4.15. The van der Waals surface area contributed by atoms with Crippen LogP contribution in [0.2, 0.25) is 0 Å². The molecule has 1 amide bonds. The predicted molar refractivity (Wildman–Crippen MR) is 74.7 cm³/mol. The minimum absolute atomic E-state index is 0.0430. The number of hydrogen-bond donors (Lipinski definition) is 1. The van der Waals surface area contributed by atoms with Gasteiger partial charge in [0.2, 0.25) is 5.91 Å². The minimum atomic E-state index is -0.364. The van der Waals surface area contributed by atoms with Gasteiger partial charge in [-0.15, -0.1) is 0 Å². The van der Waals surface area contributed by atoms with Gasteiger partial charge in [-0.1, -0.05) is 6.07 Å². The van der Waals surface area contributed by atoms with E-state index in [1.54, 1.807) is 11.0 Å². The summed E-state index contributed by atoms with van der Waals surface area (Å²) in [5.74, 6) is 0.159. The fourth-order valence-corrected chi connectivity index (χ4v) is 3.11. The standard InChI is InChI=1S/C14H17N3O3/c18-14(10-4-7-15-8-5-10)16-9-6-11-12(16)2-1-3-13(11)17(19)20/h1-3,10,15H,4-9H2. The van der Waals surface area contributed by atoms with Crippen LogP contribution >= 0.6 is 0 Å². The highest BCUT2D eigenvalue weighted by Crippen LogP contribution is 2.36. The first-order valence-corrected chi connectivity index (χ1v) is 6.97. The van der Waals surface area contributed by atoms with Crippen molar-refractivity contribution in [3.8, 4) is 0 Å². The molecule has 1 N–H and O–H groups in total. The maximum absolute atomic E-state index is 12.6. The summed E-state index contributed by atoms with van der Waals surface area (Å²) in [6, 6.07) is 4.98. The van der Waals surface area contributed by atoms with Crippen molar-refractivity contribution in [3.05, 3.63) is 33.9 Å². The van der Waals surface area contributed by atoms with E-state index in [0.29, 0.717) is 18.5 Å². The van der Waals surface area contributed by atoms with Crippen molar-refractivity contribution in [2.75, 3.05) is 24.5 Å². The van der Waals surface area contributed by atoms with Crippen molar-refractivity contribution < 1.29 is 9.72 Å². The lowest BCUT2D eigenvalue weighted by Crippen LogP contribution is -2.40. The molecule has 6 heteroatoms. The van der Waals surface area contributed by atoms with Crippen molar-refractivity contribution in [2.45, 2.75) is 19.3 Å². The van der Waals surface area contributed by atoms with Gasteiger partial charge in [-0.25, -0.2) is 0 Å². The largest absolute Gasteiger partial charge is 0.317 e. The molecule has 2 heterocycles. The van der Waals surface area contributed by atoms with Crippen LogP contribution in [0.15, 0.2) is 18.2 Å². The third kappa shape index (κ3) is 2.16. The summed E-state index contributed by atoms with van der Waals surface area (Å²) in [4.78, 5) is 25.0. The highest BCUT2D eigenvalue weighted by atomic mass is 16.6. The summed E-state index contributed by atoms with van der Waals surface area (Å²) in [6.07, 6.45) is 2.27. The summed E-state index contributed by atoms with van der Waals surface area (Å²) in [5.41, 5.74) is 1.55. The summed E-state index contributed by atoms with van der Waals surface area (Å²) in [7, 11) is 0. The number of hydrogen-bond acceptors (Lipinski definition) is 4. The van der Waals surface area contributed by atoms with Crippen molar-refractivity contribution in [3.63, 3.8) is 0 Å². The number of rotatable bonds is 2. The number of fused-ring (bicyclic) bond motifs is 1. The topological polar surface area (TPSA) is 75.5 Å². The van der Waals surface area contributed by atoms with Gasteiger partial charge in [0.05, 0.1) is 16.2 Å². The Hall–Kier alpha value is -1.95. The van der Waals surface area contributed by atoms with Crippen LogP contribution in [0.3, 0.4) is 0 Å². The lowest BCUT2D eigenvalue weighted by Gasteiger charge is -2.27. The summed E-state index contributed by atoms with van der Waals surface area (Å²) in [6.45, 7) is 2.29. The number of carbonyl (C=O) groups excluding carboxylic acids is 1. The molecule has 2 aliphatic rings. The molecule has 3 rings (SSSR count). The molecule has 1 aromatic rings. The molecule has 0 bridgehead atoms. The molecule has 0 saturated carbocycles. The summed E-state index contributed by atoms with van der Waals surface area (Å²) >= 11 is 0. The molecule has 1 aromatic carbocycles. The molecule has 6 nitrogen and oxygen atoms in total. The highest BCUT2D eigenvalue weighted by molar-refractivity contribution is 5.97. The van der Waals surface area contributed by atoms with E-state index in [-0.39, 0.29) is 22.4 Å². The second kappa shape index (κ2) is 5.20. The van der Waals surface area contributed by atoms with E-state index in [1.165, 1.54) is 6.07 Å². The number of anilines is 1. The molecule has 0 unspecified atom stereocenters. The number of nitrogens with one attached hydrogen (secondary N) is 1.